The van der Waals surface area contributed by atoms with Crippen molar-refractivity contribution in [2.75, 3.05) is 5.32 Å². The second kappa shape index (κ2) is 6.92. The minimum atomic E-state index is -0.265. The monoisotopic (exact) mass is 344 g/mol. The molecule has 0 saturated heterocycles. The van der Waals surface area contributed by atoms with Gasteiger partial charge in [-0.25, -0.2) is 9.37 Å². The first-order valence-corrected chi connectivity index (χ1v) is 8.42. The molecule has 5 nitrogen and oxygen atoms in total. The van der Waals surface area contributed by atoms with Gasteiger partial charge >= 0.3 is 0 Å². The summed E-state index contributed by atoms with van der Waals surface area (Å²) in [5.41, 5.74) is 1.74. The van der Waals surface area contributed by atoms with E-state index < -0.39 is 0 Å². The number of aromatic nitrogens is 3. The molecule has 0 bridgehead atoms. The molecule has 0 unspecified atom stereocenters. The van der Waals surface area contributed by atoms with Gasteiger partial charge in [-0.05, 0) is 31.0 Å². The van der Waals surface area contributed by atoms with E-state index in [0.717, 1.165) is 16.3 Å². The van der Waals surface area contributed by atoms with Crippen molar-refractivity contribution >= 4 is 23.1 Å². The fourth-order valence-electron chi connectivity index (χ4n) is 2.35. The van der Waals surface area contributed by atoms with Crippen LogP contribution in [0.5, 0.6) is 0 Å². The third kappa shape index (κ3) is 3.68. The zero-order valence-electron chi connectivity index (χ0n) is 13.4. The Morgan fingerprint density at radius 2 is 2.04 bits per heavy atom. The number of benzene rings is 1. The van der Waals surface area contributed by atoms with E-state index in [9.17, 15) is 9.18 Å². The Morgan fingerprint density at radius 3 is 2.75 bits per heavy atom. The smallest absolute Gasteiger partial charge is 0.268 e. The predicted octanol–water partition coefficient (Wildman–Crippen LogP) is 3.65. The minimum absolute atomic E-state index is 0.190. The Morgan fingerprint density at radius 1 is 1.29 bits per heavy atom. The summed E-state index contributed by atoms with van der Waals surface area (Å²) in [4.78, 5) is 17.4. The number of nitrogens with zero attached hydrogens (tertiary/aromatic N) is 3. The second-order valence-electron chi connectivity index (χ2n) is 5.34. The molecule has 0 aliphatic rings. The van der Waals surface area contributed by atoms with E-state index in [1.54, 1.807) is 29.1 Å². The van der Waals surface area contributed by atoms with Crippen molar-refractivity contribution in [1.82, 2.24) is 14.8 Å². The van der Waals surface area contributed by atoms with Crippen LogP contribution < -0.4 is 5.32 Å². The van der Waals surface area contributed by atoms with E-state index in [0.29, 0.717) is 23.7 Å². The first-order chi connectivity index (χ1) is 11.5. The van der Waals surface area contributed by atoms with Crippen LogP contribution in [0, 0.1) is 12.7 Å². The van der Waals surface area contributed by atoms with Crippen molar-refractivity contribution in [2.24, 2.45) is 0 Å². The molecule has 0 spiro atoms. The molecule has 1 N–H and O–H groups in total. The Bertz CT molecular complexity index is 854. The average Bonchev–Trinajstić information content (AvgIpc) is 3.15. The zero-order chi connectivity index (χ0) is 17.1. The highest BCUT2D eigenvalue weighted by Crippen LogP contribution is 2.20. The van der Waals surface area contributed by atoms with E-state index in [4.69, 9.17) is 0 Å². The van der Waals surface area contributed by atoms with Crippen LogP contribution >= 0.6 is 11.3 Å². The van der Waals surface area contributed by atoms with Crippen molar-refractivity contribution in [3.8, 4) is 0 Å². The van der Waals surface area contributed by atoms with E-state index in [-0.39, 0.29) is 11.7 Å². The third-order valence-electron chi connectivity index (χ3n) is 3.49. The molecule has 0 aliphatic carbocycles. The minimum Gasteiger partial charge on any atom is -0.304 e. The number of aryl methyl sites for hydroxylation is 2. The predicted molar refractivity (Wildman–Crippen MR) is 91.9 cm³/mol. The molecule has 3 rings (SSSR count). The highest BCUT2D eigenvalue weighted by atomic mass is 32.1. The van der Waals surface area contributed by atoms with Crippen LogP contribution in [0.15, 0.2) is 36.5 Å². The molecule has 24 heavy (non-hydrogen) atoms. The summed E-state index contributed by atoms with van der Waals surface area (Å²) >= 11 is 1.38. The van der Waals surface area contributed by atoms with Crippen molar-refractivity contribution < 1.29 is 9.18 Å². The number of hydrogen-bond acceptors (Lipinski definition) is 4. The van der Waals surface area contributed by atoms with Crippen LogP contribution in [0.4, 0.5) is 10.2 Å². The molecule has 3 aromatic rings. The number of thiazole rings is 1. The summed E-state index contributed by atoms with van der Waals surface area (Å²) in [5.74, 6) is 0.0263. The topological polar surface area (TPSA) is 59.8 Å². The number of halogens is 1. The summed E-state index contributed by atoms with van der Waals surface area (Å²) in [6.07, 6.45) is 2.49. The van der Waals surface area contributed by atoms with Gasteiger partial charge < -0.3 is 5.32 Å². The van der Waals surface area contributed by atoms with Gasteiger partial charge in [-0.3, -0.25) is 9.48 Å². The maximum absolute atomic E-state index is 12.9. The first kappa shape index (κ1) is 16.3. The number of amides is 1. The Hall–Kier alpha value is -2.54. The van der Waals surface area contributed by atoms with Crippen LogP contribution in [-0.4, -0.2) is 20.7 Å². The maximum atomic E-state index is 12.9. The van der Waals surface area contributed by atoms with Crippen LogP contribution in [-0.2, 0) is 13.0 Å². The summed E-state index contributed by atoms with van der Waals surface area (Å²) in [7, 11) is 0. The lowest BCUT2D eigenvalue weighted by Crippen LogP contribution is -2.13. The Labute approximate surface area is 143 Å². The van der Waals surface area contributed by atoms with Crippen molar-refractivity contribution in [3.05, 3.63) is 63.5 Å². The molecule has 1 amide bonds. The van der Waals surface area contributed by atoms with Crippen molar-refractivity contribution in [3.63, 3.8) is 0 Å². The Balaban J connectivity index is 1.69. The van der Waals surface area contributed by atoms with Gasteiger partial charge in [0.25, 0.3) is 5.91 Å². The quantitative estimate of drug-likeness (QED) is 0.768. The molecule has 0 aliphatic heterocycles. The fraction of sp³-hybridized carbons (Fsp3) is 0.235. The third-order valence-corrected chi connectivity index (χ3v) is 4.50. The molecule has 0 fully saturated rings. The van der Waals surface area contributed by atoms with Crippen LogP contribution in [0.2, 0.25) is 0 Å². The molecule has 1 aromatic carbocycles. The molecule has 0 radical (unpaired) electrons. The molecular weight excluding hydrogens is 327 g/mol. The van der Waals surface area contributed by atoms with Crippen molar-refractivity contribution in [1.29, 1.82) is 0 Å². The first-order valence-electron chi connectivity index (χ1n) is 7.60. The summed E-state index contributed by atoms with van der Waals surface area (Å²) in [6, 6.07) is 7.99. The van der Waals surface area contributed by atoms with Gasteiger partial charge in [0.1, 0.15) is 10.7 Å². The number of anilines is 1. The number of carbonyl (C=O) groups excluding carboxylic acids is 1. The normalized spacial score (nSPS) is 10.8. The zero-order valence-corrected chi connectivity index (χ0v) is 14.2. The lowest BCUT2D eigenvalue weighted by atomic mass is 10.2. The molecule has 7 heteroatoms. The second-order valence-corrected chi connectivity index (χ2v) is 6.54. The standard InChI is InChI=1S/C17H17FN4OS/c1-3-14-16(24-11(2)19-14)17(23)20-15-8-9-22(21-15)10-12-4-6-13(18)7-5-12/h4-9H,3,10H2,1-2H3,(H,20,21,23). The molecule has 0 atom stereocenters. The molecular formula is C17H17FN4OS. The van der Waals surface area contributed by atoms with Gasteiger partial charge in [-0.15, -0.1) is 11.3 Å². The number of carbonyl (C=O) groups is 1. The molecule has 0 saturated carbocycles. The average molecular weight is 344 g/mol. The van der Waals surface area contributed by atoms with Crippen LogP contribution in [0.3, 0.4) is 0 Å². The SMILES string of the molecule is CCc1nc(C)sc1C(=O)Nc1ccn(Cc2ccc(F)cc2)n1. The summed E-state index contributed by atoms with van der Waals surface area (Å²) < 4.78 is 14.6. The summed E-state index contributed by atoms with van der Waals surface area (Å²) in [6.45, 7) is 4.37. The van der Waals surface area contributed by atoms with E-state index in [1.807, 2.05) is 13.8 Å². The van der Waals surface area contributed by atoms with Crippen molar-refractivity contribution in [2.45, 2.75) is 26.8 Å². The summed E-state index contributed by atoms with van der Waals surface area (Å²) in [5, 5.41) is 8.01. The fourth-order valence-corrected chi connectivity index (χ4v) is 3.26. The lowest BCUT2D eigenvalue weighted by molar-refractivity contribution is 0.102. The maximum Gasteiger partial charge on any atom is 0.268 e. The number of hydrogen-bond donors (Lipinski definition) is 1. The van der Waals surface area contributed by atoms with Crippen LogP contribution in [0.1, 0.15) is 32.9 Å². The lowest BCUT2D eigenvalue weighted by Gasteiger charge is -2.03. The van der Waals surface area contributed by atoms with Gasteiger partial charge in [0.2, 0.25) is 0 Å². The molecule has 124 valence electrons. The molecule has 2 aromatic heterocycles. The van der Waals surface area contributed by atoms with Crippen LogP contribution in [0.25, 0.3) is 0 Å². The van der Waals surface area contributed by atoms with Gasteiger partial charge in [0, 0.05) is 12.3 Å². The highest BCUT2D eigenvalue weighted by molar-refractivity contribution is 7.13. The molecule has 2 heterocycles. The van der Waals surface area contributed by atoms with Gasteiger partial charge in [-0.2, -0.15) is 5.10 Å². The number of nitrogens with one attached hydrogen (secondary N) is 1. The van der Waals surface area contributed by atoms with Gasteiger partial charge in [0.15, 0.2) is 5.82 Å². The van der Waals surface area contributed by atoms with E-state index in [2.05, 4.69) is 15.4 Å². The Kier molecular flexibility index (Phi) is 4.71. The highest BCUT2D eigenvalue weighted by Gasteiger charge is 2.16. The van der Waals surface area contributed by atoms with E-state index >= 15 is 0 Å². The van der Waals surface area contributed by atoms with Gasteiger partial charge in [0.05, 0.1) is 17.2 Å². The van der Waals surface area contributed by atoms with Gasteiger partial charge in [-0.1, -0.05) is 19.1 Å². The largest absolute Gasteiger partial charge is 0.304 e. The van der Waals surface area contributed by atoms with E-state index in [1.165, 1.54) is 23.5 Å². The number of rotatable bonds is 5.